The van der Waals surface area contributed by atoms with Crippen LogP contribution < -0.4 is 4.67 Å². The van der Waals surface area contributed by atoms with Crippen LogP contribution in [0, 0.1) is 5.92 Å². The molecule has 6 rings (SSSR count). The molecule has 0 amide bonds. The Hall–Kier alpha value is -1.48. The molecule has 0 radical (unpaired) electrons. The summed E-state index contributed by atoms with van der Waals surface area (Å²) in [6, 6.07) is 4.57. The van der Waals surface area contributed by atoms with Crippen molar-refractivity contribution in [2.24, 2.45) is 5.92 Å². The van der Waals surface area contributed by atoms with Crippen LogP contribution >= 0.6 is 8.16 Å². The van der Waals surface area contributed by atoms with Gasteiger partial charge in [-0.3, -0.25) is 0 Å². The van der Waals surface area contributed by atoms with Gasteiger partial charge in [-0.15, -0.1) is 0 Å². The number of nitrogens with zero attached hydrogens (tertiary/aromatic N) is 1. The monoisotopic (exact) mass is 439 g/mol. The molecular formula is C26H34NO3P. The lowest BCUT2D eigenvalue weighted by atomic mass is 9.71. The summed E-state index contributed by atoms with van der Waals surface area (Å²) in [7, 11) is -1.19. The van der Waals surface area contributed by atoms with Crippen molar-refractivity contribution in [1.82, 2.24) is 0 Å². The zero-order valence-electron chi connectivity index (χ0n) is 18.8. The summed E-state index contributed by atoms with van der Waals surface area (Å²) in [5.74, 6) is 2.30. The van der Waals surface area contributed by atoms with E-state index in [1.54, 1.807) is 5.56 Å². The van der Waals surface area contributed by atoms with Gasteiger partial charge in [0.2, 0.25) is 0 Å². The molecule has 5 heteroatoms. The van der Waals surface area contributed by atoms with Crippen molar-refractivity contribution in [3.05, 3.63) is 40.7 Å². The first-order valence-corrected chi connectivity index (χ1v) is 13.4. The van der Waals surface area contributed by atoms with Gasteiger partial charge >= 0.3 is 8.16 Å². The maximum Gasteiger partial charge on any atom is 0.309 e. The Morgan fingerprint density at radius 1 is 0.935 bits per heavy atom. The van der Waals surface area contributed by atoms with Crippen LogP contribution in [0.5, 0.6) is 0 Å². The average molecular weight is 440 g/mol. The Morgan fingerprint density at radius 3 is 2.61 bits per heavy atom. The second-order valence-corrected chi connectivity index (χ2v) is 11.4. The van der Waals surface area contributed by atoms with Gasteiger partial charge in [0.25, 0.3) is 0 Å². The summed E-state index contributed by atoms with van der Waals surface area (Å²) in [6.07, 6.45) is 15.3. The van der Waals surface area contributed by atoms with Gasteiger partial charge in [-0.1, -0.05) is 25.0 Å². The Morgan fingerprint density at radius 2 is 1.74 bits per heavy atom. The van der Waals surface area contributed by atoms with Crippen LogP contribution in [0.2, 0.25) is 0 Å². The van der Waals surface area contributed by atoms with Gasteiger partial charge in [0.1, 0.15) is 11.3 Å². The SMILES string of the molecule is CC1CN(p2oc3c(c4c5c(ccc4o2)CCCC5)C2CCCCC2C=C3)CC(C)O1. The van der Waals surface area contributed by atoms with Crippen molar-refractivity contribution < 1.29 is 13.1 Å². The Kier molecular flexibility index (Phi) is 5.29. The molecule has 5 unspecified atom stereocenters. The van der Waals surface area contributed by atoms with E-state index in [9.17, 15) is 0 Å². The van der Waals surface area contributed by atoms with E-state index in [0.717, 1.165) is 24.4 Å². The van der Waals surface area contributed by atoms with E-state index in [2.05, 4.69) is 42.8 Å². The van der Waals surface area contributed by atoms with Crippen LogP contribution in [0.3, 0.4) is 0 Å². The summed E-state index contributed by atoms with van der Waals surface area (Å²) in [6.45, 7) is 6.01. The van der Waals surface area contributed by atoms with E-state index < -0.39 is 8.16 Å². The smallest absolute Gasteiger partial charge is 0.309 e. The van der Waals surface area contributed by atoms with Gasteiger partial charge in [-0.25, -0.2) is 0 Å². The van der Waals surface area contributed by atoms with Crippen LogP contribution in [-0.4, -0.2) is 25.3 Å². The lowest BCUT2D eigenvalue weighted by Crippen LogP contribution is -2.44. The zero-order chi connectivity index (χ0) is 20.9. The third-order valence-corrected chi connectivity index (χ3v) is 9.19. The van der Waals surface area contributed by atoms with Gasteiger partial charge in [-0.2, -0.15) is 4.67 Å². The van der Waals surface area contributed by atoms with Crippen LogP contribution in [0.15, 0.2) is 26.6 Å². The molecule has 1 aromatic carbocycles. The van der Waals surface area contributed by atoms with E-state index in [4.69, 9.17) is 13.1 Å². The molecule has 0 bridgehead atoms. The first-order valence-electron chi connectivity index (χ1n) is 12.3. The summed E-state index contributed by atoms with van der Waals surface area (Å²) < 4.78 is 21.9. The molecule has 4 nitrogen and oxygen atoms in total. The van der Waals surface area contributed by atoms with Crippen molar-refractivity contribution >= 4 is 25.2 Å². The Labute approximate surface area is 186 Å². The lowest BCUT2D eigenvalue weighted by molar-refractivity contribution is -0.00312. The molecule has 2 aromatic rings. The minimum atomic E-state index is -1.19. The molecular weight excluding hydrogens is 405 g/mol. The first kappa shape index (κ1) is 20.1. The lowest BCUT2D eigenvalue weighted by Gasteiger charge is -2.34. The maximum atomic E-state index is 6.78. The number of fused-ring (bicyclic) bond motifs is 7. The standard InChI is InChI=1S/C26H34NO3P/c1-17-15-27(16-18(2)28-17)31-29-23-13-11-19-7-3-5-9-21(19)25(23)26-22-10-6-4-8-20(22)12-14-24(26)30-31/h11-14,17-19,21H,3-10,15-16H2,1-2H3. The van der Waals surface area contributed by atoms with Crippen LogP contribution in [-0.2, 0) is 17.6 Å². The molecule has 1 aliphatic heterocycles. The summed E-state index contributed by atoms with van der Waals surface area (Å²) >= 11 is 0. The number of hydrogen-bond donors (Lipinski definition) is 0. The predicted octanol–water partition coefficient (Wildman–Crippen LogP) is 7.06. The molecule has 0 spiro atoms. The van der Waals surface area contributed by atoms with E-state index in [0.29, 0.717) is 11.8 Å². The van der Waals surface area contributed by atoms with Crippen LogP contribution in [0.25, 0.3) is 17.0 Å². The van der Waals surface area contributed by atoms with E-state index in [-0.39, 0.29) is 12.2 Å². The van der Waals surface area contributed by atoms with Gasteiger partial charge in [0.05, 0.1) is 12.2 Å². The predicted molar refractivity (Wildman–Crippen MR) is 127 cm³/mol. The van der Waals surface area contributed by atoms with Crippen molar-refractivity contribution in [2.75, 3.05) is 17.8 Å². The zero-order valence-corrected chi connectivity index (χ0v) is 19.7. The number of morpholine rings is 1. The highest BCUT2D eigenvalue weighted by molar-refractivity contribution is 7.38. The van der Waals surface area contributed by atoms with Gasteiger partial charge in [0.15, 0.2) is 0 Å². The van der Waals surface area contributed by atoms with E-state index in [1.165, 1.54) is 67.9 Å². The first-order chi connectivity index (χ1) is 15.2. The van der Waals surface area contributed by atoms with Crippen molar-refractivity contribution in [3.63, 3.8) is 0 Å². The fourth-order valence-corrected chi connectivity index (χ4v) is 8.03. The quantitative estimate of drug-likeness (QED) is 0.477. The van der Waals surface area contributed by atoms with E-state index >= 15 is 0 Å². The van der Waals surface area contributed by atoms with Gasteiger partial charge in [0, 0.05) is 24.0 Å². The molecule has 5 atom stereocenters. The highest BCUT2D eigenvalue weighted by Crippen LogP contribution is 2.49. The highest BCUT2D eigenvalue weighted by Gasteiger charge is 2.34. The second-order valence-electron chi connectivity index (χ2n) is 10.0. The van der Waals surface area contributed by atoms with Crippen molar-refractivity contribution in [3.8, 4) is 0 Å². The molecule has 1 saturated carbocycles. The minimum Gasteiger partial charge on any atom is -0.408 e. The molecule has 4 aliphatic rings. The third-order valence-electron chi connectivity index (χ3n) is 7.70. The number of allylic oxidation sites excluding steroid dienone is 1. The molecule has 2 fully saturated rings. The number of ether oxygens (including phenoxy) is 1. The summed E-state index contributed by atoms with van der Waals surface area (Å²) in [4.78, 5) is 0. The van der Waals surface area contributed by atoms with Crippen LogP contribution in [0.1, 0.15) is 80.7 Å². The number of hydrogen-bond acceptors (Lipinski definition) is 4. The Balaban J connectivity index is 1.61. The number of rotatable bonds is 1. The fourth-order valence-electron chi connectivity index (χ4n) is 6.38. The molecule has 1 aromatic heterocycles. The second kappa shape index (κ2) is 8.14. The average Bonchev–Trinajstić information content (AvgIpc) is 2.95. The molecule has 31 heavy (non-hydrogen) atoms. The largest absolute Gasteiger partial charge is 0.408 e. The summed E-state index contributed by atoms with van der Waals surface area (Å²) in [5.41, 5.74) is 5.59. The molecule has 2 heterocycles. The van der Waals surface area contributed by atoms with Gasteiger partial charge < -0.3 is 13.1 Å². The fraction of sp³-hybridized carbons (Fsp3) is 0.615. The van der Waals surface area contributed by atoms with Crippen molar-refractivity contribution in [1.29, 1.82) is 0 Å². The molecule has 0 N–H and O–H groups in total. The maximum absolute atomic E-state index is 6.78. The summed E-state index contributed by atoms with van der Waals surface area (Å²) in [5, 5.41) is 1.40. The highest BCUT2D eigenvalue weighted by atomic mass is 31.1. The molecule has 166 valence electrons. The third kappa shape index (κ3) is 3.61. The van der Waals surface area contributed by atoms with Crippen molar-refractivity contribution in [2.45, 2.75) is 83.3 Å². The molecule has 3 aliphatic carbocycles. The Bertz CT molecular complexity index is 1050. The number of benzene rings is 1. The number of aryl methyl sites for hydroxylation is 2. The minimum absolute atomic E-state index is 0.197. The molecule has 1 saturated heterocycles. The topological polar surface area (TPSA) is 38.8 Å². The van der Waals surface area contributed by atoms with Crippen LogP contribution in [0.4, 0.5) is 0 Å². The van der Waals surface area contributed by atoms with E-state index in [1.807, 2.05) is 0 Å². The van der Waals surface area contributed by atoms with Gasteiger partial charge in [-0.05, 0) is 87.5 Å². The normalized spacial score (nSPS) is 31.1.